The topological polar surface area (TPSA) is 118 Å². The molecule has 0 fully saturated rings. The second kappa shape index (κ2) is 10.4. The molecule has 0 saturated heterocycles. The van der Waals surface area contributed by atoms with Gasteiger partial charge in [-0.3, -0.25) is 4.79 Å². The molecule has 1 amide bonds. The molecular weight excluding hydrogens is 386 g/mol. The largest absolute Gasteiger partial charge is 0.465 e. The Kier molecular flexibility index (Phi) is 7.71. The molecule has 0 aliphatic carbocycles. The molecule has 0 saturated carbocycles. The molecular formula is C22H21N3O5. The van der Waals surface area contributed by atoms with E-state index in [1.807, 2.05) is 36.4 Å². The van der Waals surface area contributed by atoms with E-state index in [4.69, 9.17) is 4.74 Å². The van der Waals surface area contributed by atoms with Crippen molar-refractivity contribution in [2.75, 3.05) is 19.5 Å². The Hall–Kier alpha value is -4.12. The molecule has 154 valence electrons. The lowest BCUT2D eigenvalue weighted by Gasteiger charge is -2.14. The third kappa shape index (κ3) is 5.45. The number of nitrogens with zero attached hydrogens (tertiary/aromatic N) is 1. The molecule has 0 bridgehead atoms. The van der Waals surface area contributed by atoms with E-state index in [1.165, 1.54) is 32.4 Å². The second-order valence-electron chi connectivity index (χ2n) is 6.16. The average Bonchev–Trinajstić information content (AvgIpc) is 2.78. The standard InChI is InChI=1S/C22H21N3O5/c1-14(15-7-5-4-6-8-15)25-20(26)17(12-23)13-24-19-11-16(21(27)29-2)9-10-18(19)22(28)30-3/h4-11,13-14,24H,1-3H3,(H,25,26)/b17-13-. The average molecular weight is 407 g/mol. The van der Waals surface area contributed by atoms with Crippen molar-refractivity contribution in [3.05, 3.63) is 77.0 Å². The fourth-order valence-electron chi connectivity index (χ4n) is 2.59. The van der Waals surface area contributed by atoms with Gasteiger partial charge in [-0.15, -0.1) is 0 Å². The monoisotopic (exact) mass is 407 g/mol. The maximum atomic E-state index is 12.5. The number of methoxy groups -OCH3 is 2. The van der Waals surface area contributed by atoms with Crippen molar-refractivity contribution in [2.24, 2.45) is 0 Å². The molecule has 0 aliphatic heterocycles. The van der Waals surface area contributed by atoms with Crippen molar-refractivity contribution in [3.63, 3.8) is 0 Å². The van der Waals surface area contributed by atoms with Gasteiger partial charge in [0.1, 0.15) is 11.6 Å². The summed E-state index contributed by atoms with van der Waals surface area (Å²) in [6, 6.07) is 15.0. The van der Waals surface area contributed by atoms with Crippen LogP contribution in [0.25, 0.3) is 0 Å². The van der Waals surface area contributed by atoms with Gasteiger partial charge < -0.3 is 20.1 Å². The molecule has 0 heterocycles. The molecule has 0 aromatic heterocycles. The van der Waals surface area contributed by atoms with Gasteiger partial charge in [0, 0.05) is 6.20 Å². The first-order valence-electron chi connectivity index (χ1n) is 8.94. The van der Waals surface area contributed by atoms with Gasteiger partial charge in [-0.05, 0) is 30.7 Å². The number of benzene rings is 2. The SMILES string of the molecule is COC(=O)c1ccc(C(=O)OC)c(N/C=C(/C#N)C(=O)NC(C)c2ccccc2)c1. The molecule has 2 aromatic rings. The zero-order valence-electron chi connectivity index (χ0n) is 16.8. The van der Waals surface area contributed by atoms with Gasteiger partial charge in [-0.2, -0.15) is 5.26 Å². The highest BCUT2D eigenvalue weighted by Crippen LogP contribution is 2.20. The van der Waals surface area contributed by atoms with Gasteiger partial charge in [-0.25, -0.2) is 9.59 Å². The fraction of sp³-hybridized carbons (Fsp3) is 0.182. The molecule has 1 unspecified atom stereocenters. The van der Waals surface area contributed by atoms with E-state index in [0.717, 1.165) is 11.8 Å². The Bertz CT molecular complexity index is 1010. The molecule has 1 atom stereocenters. The van der Waals surface area contributed by atoms with Gasteiger partial charge in [0.05, 0.1) is 37.1 Å². The summed E-state index contributed by atoms with van der Waals surface area (Å²) in [4.78, 5) is 36.2. The Morgan fingerprint density at radius 2 is 1.70 bits per heavy atom. The zero-order valence-corrected chi connectivity index (χ0v) is 16.8. The first-order valence-corrected chi connectivity index (χ1v) is 8.94. The summed E-state index contributed by atoms with van der Waals surface area (Å²) in [5.41, 5.74) is 1.16. The summed E-state index contributed by atoms with van der Waals surface area (Å²) in [6.07, 6.45) is 1.16. The molecule has 2 aromatic carbocycles. The fourth-order valence-corrected chi connectivity index (χ4v) is 2.59. The molecule has 0 aliphatic rings. The van der Waals surface area contributed by atoms with Crippen molar-refractivity contribution in [3.8, 4) is 6.07 Å². The van der Waals surface area contributed by atoms with E-state index in [-0.39, 0.29) is 28.4 Å². The summed E-state index contributed by atoms with van der Waals surface area (Å²) in [5, 5.41) is 14.9. The molecule has 8 heteroatoms. The normalized spacial score (nSPS) is 11.6. The number of nitrogens with one attached hydrogen (secondary N) is 2. The summed E-state index contributed by atoms with van der Waals surface area (Å²) in [7, 11) is 2.45. The van der Waals surface area contributed by atoms with Crippen LogP contribution in [-0.2, 0) is 14.3 Å². The Morgan fingerprint density at radius 3 is 2.30 bits per heavy atom. The van der Waals surface area contributed by atoms with Crippen LogP contribution in [0.5, 0.6) is 0 Å². The molecule has 2 N–H and O–H groups in total. The Labute approximate surface area is 174 Å². The number of esters is 2. The zero-order chi connectivity index (χ0) is 22.1. The predicted molar refractivity (Wildman–Crippen MR) is 109 cm³/mol. The van der Waals surface area contributed by atoms with Crippen molar-refractivity contribution in [1.29, 1.82) is 5.26 Å². The minimum absolute atomic E-state index is 0.122. The van der Waals surface area contributed by atoms with Gasteiger partial charge in [0.15, 0.2) is 0 Å². The number of nitriles is 1. The van der Waals surface area contributed by atoms with E-state index in [0.29, 0.717) is 0 Å². The first-order chi connectivity index (χ1) is 14.4. The third-order valence-electron chi connectivity index (χ3n) is 4.23. The van der Waals surface area contributed by atoms with E-state index >= 15 is 0 Å². The highest BCUT2D eigenvalue weighted by Gasteiger charge is 2.17. The molecule has 0 spiro atoms. The summed E-state index contributed by atoms with van der Waals surface area (Å²) < 4.78 is 9.40. The van der Waals surface area contributed by atoms with E-state index < -0.39 is 17.8 Å². The number of hydrogen-bond donors (Lipinski definition) is 2. The van der Waals surface area contributed by atoms with Crippen molar-refractivity contribution in [2.45, 2.75) is 13.0 Å². The van der Waals surface area contributed by atoms with Crippen molar-refractivity contribution >= 4 is 23.5 Å². The van der Waals surface area contributed by atoms with Crippen molar-refractivity contribution < 1.29 is 23.9 Å². The quantitative estimate of drug-likeness (QED) is 0.412. The van der Waals surface area contributed by atoms with Gasteiger partial charge in [0.2, 0.25) is 0 Å². The van der Waals surface area contributed by atoms with Crippen LogP contribution in [0.2, 0.25) is 0 Å². The summed E-state index contributed by atoms with van der Waals surface area (Å²) >= 11 is 0. The van der Waals surface area contributed by atoms with E-state index in [9.17, 15) is 19.6 Å². The lowest BCUT2D eigenvalue weighted by Crippen LogP contribution is -2.28. The van der Waals surface area contributed by atoms with Crippen LogP contribution in [0.3, 0.4) is 0 Å². The van der Waals surface area contributed by atoms with Crippen LogP contribution in [0, 0.1) is 11.3 Å². The number of hydrogen-bond acceptors (Lipinski definition) is 7. The highest BCUT2D eigenvalue weighted by molar-refractivity contribution is 6.00. The number of rotatable bonds is 7. The maximum absolute atomic E-state index is 12.5. The molecule has 8 nitrogen and oxygen atoms in total. The summed E-state index contributed by atoms with van der Waals surface area (Å²) in [6.45, 7) is 1.80. The Balaban J connectivity index is 2.26. The highest BCUT2D eigenvalue weighted by atomic mass is 16.5. The van der Waals surface area contributed by atoms with E-state index in [2.05, 4.69) is 15.4 Å². The van der Waals surface area contributed by atoms with Crippen LogP contribution in [0.1, 0.15) is 39.2 Å². The van der Waals surface area contributed by atoms with Crippen LogP contribution in [0.4, 0.5) is 5.69 Å². The number of carbonyl (C=O) groups excluding carboxylic acids is 3. The number of anilines is 1. The molecule has 0 radical (unpaired) electrons. The van der Waals surface area contributed by atoms with Gasteiger partial charge in [0.25, 0.3) is 5.91 Å². The smallest absolute Gasteiger partial charge is 0.339 e. The van der Waals surface area contributed by atoms with Crippen LogP contribution in [0.15, 0.2) is 60.3 Å². The minimum atomic E-state index is -0.650. The van der Waals surface area contributed by atoms with Gasteiger partial charge in [-0.1, -0.05) is 30.3 Å². The lowest BCUT2D eigenvalue weighted by atomic mass is 10.1. The van der Waals surface area contributed by atoms with E-state index in [1.54, 1.807) is 6.92 Å². The minimum Gasteiger partial charge on any atom is -0.465 e. The molecule has 2 rings (SSSR count). The van der Waals surface area contributed by atoms with Crippen molar-refractivity contribution in [1.82, 2.24) is 5.32 Å². The first kappa shape index (κ1) is 22.2. The number of ether oxygens (including phenoxy) is 2. The van der Waals surface area contributed by atoms with Crippen LogP contribution < -0.4 is 10.6 Å². The van der Waals surface area contributed by atoms with Gasteiger partial charge >= 0.3 is 11.9 Å². The number of amides is 1. The third-order valence-corrected chi connectivity index (χ3v) is 4.23. The maximum Gasteiger partial charge on any atom is 0.339 e. The predicted octanol–water partition coefficient (Wildman–Crippen LogP) is 2.96. The Morgan fingerprint density at radius 1 is 1.03 bits per heavy atom. The summed E-state index contributed by atoms with van der Waals surface area (Å²) in [5.74, 6) is -1.85. The number of carbonyl (C=O) groups is 3. The van der Waals surface area contributed by atoms with Crippen LogP contribution in [-0.4, -0.2) is 32.1 Å². The lowest BCUT2D eigenvalue weighted by molar-refractivity contribution is -0.117. The molecule has 30 heavy (non-hydrogen) atoms. The second-order valence-corrected chi connectivity index (χ2v) is 6.16. The van der Waals surface area contributed by atoms with Crippen LogP contribution >= 0.6 is 0 Å².